The summed E-state index contributed by atoms with van der Waals surface area (Å²) in [5.41, 5.74) is 26.4. The topological polar surface area (TPSA) is 82.2 Å². The maximum atomic E-state index is 4.79. The molecule has 0 saturated heterocycles. The van der Waals surface area contributed by atoms with E-state index in [-0.39, 0.29) is 0 Å². The van der Waals surface area contributed by atoms with Gasteiger partial charge in [-0.15, -0.1) is 27.9 Å². The normalized spacial score (nSPS) is 11.2. The van der Waals surface area contributed by atoms with Gasteiger partial charge in [-0.2, -0.15) is 9.36 Å². The fourth-order valence-electron chi connectivity index (χ4n) is 13.9. The lowest BCUT2D eigenvalue weighted by atomic mass is 9.96. The quantitative estimate of drug-likeness (QED) is 0.127. The van der Waals surface area contributed by atoms with E-state index < -0.39 is 0 Å². The highest BCUT2D eigenvalue weighted by Gasteiger charge is 2.25. The zero-order valence-electron chi connectivity index (χ0n) is 58.1. The summed E-state index contributed by atoms with van der Waals surface area (Å²) in [6.45, 7) is 19.0. The van der Waals surface area contributed by atoms with Gasteiger partial charge in [0.25, 0.3) is 11.4 Å². The Morgan fingerprint density at radius 3 is 1.52 bits per heavy atom. The van der Waals surface area contributed by atoms with Crippen LogP contribution in [0.15, 0.2) is 256 Å². The smallest absolute Gasteiger partial charge is 0.255 e. The fourth-order valence-corrected chi connectivity index (χ4v) is 13.9. The van der Waals surface area contributed by atoms with Crippen LogP contribution in [-0.4, -0.2) is 38.2 Å². The van der Waals surface area contributed by atoms with Gasteiger partial charge in [0, 0.05) is 58.2 Å². The van der Waals surface area contributed by atoms with Crippen LogP contribution < -0.4 is 23.4 Å². The molecule has 0 aliphatic heterocycles. The third-order valence-electron chi connectivity index (χ3n) is 18.7. The minimum atomic E-state index is 1.05. The van der Waals surface area contributed by atoms with Gasteiger partial charge in [0.15, 0.2) is 27.3 Å². The summed E-state index contributed by atoms with van der Waals surface area (Å²) in [5, 5.41) is 7.46. The largest absolute Gasteiger partial charge is 0.259 e. The van der Waals surface area contributed by atoms with Crippen LogP contribution in [0, 0.1) is 62.3 Å². The van der Waals surface area contributed by atoms with Crippen molar-refractivity contribution in [2.75, 3.05) is 0 Å². The van der Waals surface area contributed by atoms with Crippen molar-refractivity contribution in [3.05, 3.63) is 306 Å². The molecule has 0 amide bonds. The highest BCUT2D eigenvalue weighted by atomic mass is 15.4. The van der Waals surface area contributed by atoms with Crippen molar-refractivity contribution in [2.45, 2.75) is 62.3 Å². The van der Waals surface area contributed by atoms with Crippen LogP contribution in [0.2, 0.25) is 0 Å². The number of rotatable bonds is 5. The molecule has 480 valence electrons. The Hall–Kier alpha value is -11.7. The summed E-state index contributed by atoms with van der Waals surface area (Å²) >= 11 is 0. The lowest BCUT2D eigenvalue weighted by Gasteiger charge is -2.12. The molecule has 17 aromatic rings. The lowest BCUT2D eigenvalue weighted by molar-refractivity contribution is -0.735. The van der Waals surface area contributed by atoms with Crippen molar-refractivity contribution in [1.29, 1.82) is 0 Å². The number of hydrogen-bond donors (Lipinski definition) is 0. The SMILES string of the molecule is Cc1cc(C)c(-[n+]2cc3ccccc3n2C)c(C)n1.Cc1ccc(-n2cc3ccccc3[n+]2C)c(C)c1.Cc1ccccc1-n1cc2ccccc2[n+]1C.Cc1ccnc(C)c1-[n+]1cc2ccccc2n1C.Cc1ccnc2c3c(-c4ccccc4)cccc3c3cc[n+](C)n3c12. The molecule has 0 N–H and O–H groups in total. The summed E-state index contributed by atoms with van der Waals surface area (Å²) in [4.78, 5) is 13.8. The number of hydrogen-bond acceptors (Lipinski definition) is 3. The first-order valence-corrected chi connectivity index (χ1v) is 33.1. The number of pyridine rings is 4. The molecule has 0 radical (unpaired) electrons. The van der Waals surface area contributed by atoms with Crippen LogP contribution in [0.25, 0.3) is 105 Å². The standard InChI is InChI=1S/C22H18N3.C16H18N3.C16H17N2.C15H16N3.C15H15N2/c1-15-11-13-23-21-20-17(16-7-4-3-5-8-16)9-6-10-18(20)19-12-14-24(2)25(19)22(15)21;1-11-9-12(2)17-13(3)16(11)19-10-14-7-5-6-8-15(14)18(19)4;1-12-8-9-15(13(2)10-12)18-11-14-6-4-5-7-16(14)17(18)3;1-11-8-9-16-12(2)15(11)18-10-13-6-4-5-7-14(13)17(18)3;1-12-7-3-5-9-14(12)17-11-13-8-4-6-10-15(13)16(17)2/h3-14H,1-2H3;5-10H,1-4H3;4-11H,1-3H3;4-10H,1-3H3;3-11H,1-2H3/q5*+1. The van der Waals surface area contributed by atoms with Gasteiger partial charge in [0.2, 0.25) is 23.4 Å². The molecule has 17 rings (SSSR count). The first kappa shape index (κ1) is 64.0. The van der Waals surface area contributed by atoms with Crippen molar-refractivity contribution in [3.63, 3.8) is 0 Å². The van der Waals surface area contributed by atoms with Gasteiger partial charge in [-0.05, 0) is 157 Å². The van der Waals surface area contributed by atoms with Crippen LogP contribution in [0.1, 0.15) is 50.5 Å². The molecule has 9 heterocycles. The minimum Gasteiger partial charge on any atom is -0.255 e. The van der Waals surface area contributed by atoms with Crippen molar-refractivity contribution in [1.82, 2.24) is 38.2 Å². The third kappa shape index (κ3) is 12.3. The second kappa shape index (κ2) is 27.0. The lowest BCUT2D eigenvalue weighted by Crippen LogP contribution is -2.40. The van der Waals surface area contributed by atoms with Gasteiger partial charge >= 0.3 is 0 Å². The minimum absolute atomic E-state index is 1.05. The molecule has 0 atom stereocenters. The predicted octanol–water partition coefficient (Wildman–Crippen LogP) is 15.5. The van der Waals surface area contributed by atoms with Gasteiger partial charge in [0.05, 0.1) is 48.0 Å². The second-order valence-electron chi connectivity index (χ2n) is 25.4. The highest BCUT2D eigenvalue weighted by molar-refractivity contribution is 6.17. The van der Waals surface area contributed by atoms with Crippen molar-refractivity contribution >= 4 is 70.9 Å². The van der Waals surface area contributed by atoms with E-state index in [1.54, 1.807) is 0 Å². The number of fused-ring (bicyclic) bond motifs is 10. The van der Waals surface area contributed by atoms with Crippen molar-refractivity contribution in [3.8, 4) is 33.9 Å². The van der Waals surface area contributed by atoms with Gasteiger partial charge < -0.3 is 0 Å². The number of benzene rings is 8. The average Bonchev–Trinajstić information content (AvgIpc) is 1.71. The number of aryl methyl sites for hydroxylation is 14. The maximum Gasteiger partial charge on any atom is 0.259 e. The first-order valence-electron chi connectivity index (χ1n) is 33.1. The molecule has 0 aliphatic carbocycles. The van der Waals surface area contributed by atoms with E-state index in [1.165, 1.54) is 127 Å². The van der Waals surface area contributed by atoms with Crippen LogP contribution in [-0.2, 0) is 35.2 Å². The molecule has 13 heteroatoms. The average molecular weight is 1280 g/mol. The van der Waals surface area contributed by atoms with Crippen LogP contribution in [0.4, 0.5) is 0 Å². The summed E-state index contributed by atoms with van der Waals surface area (Å²) in [6, 6.07) is 74.2. The Balaban J connectivity index is 0.000000110. The molecular weight excluding hydrogens is 1190 g/mol. The molecule has 9 aromatic heterocycles. The molecule has 97 heavy (non-hydrogen) atoms. The van der Waals surface area contributed by atoms with E-state index >= 15 is 0 Å². The van der Waals surface area contributed by atoms with Crippen molar-refractivity contribution in [2.24, 2.45) is 35.2 Å². The van der Waals surface area contributed by atoms with Crippen LogP contribution in [0.3, 0.4) is 0 Å². The molecule has 13 nitrogen and oxygen atoms in total. The summed E-state index contributed by atoms with van der Waals surface area (Å²) in [6.07, 6.45) is 14.6. The second-order valence-corrected chi connectivity index (χ2v) is 25.4. The summed E-state index contributed by atoms with van der Waals surface area (Å²) in [5.74, 6) is 0. The monoisotopic (exact) mass is 1270 g/mol. The zero-order chi connectivity index (χ0) is 67.8. The molecule has 0 saturated carbocycles. The molecule has 0 spiro atoms. The van der Waals surface area contributed by atoms with Gasteiger partial charge in [-0.25, -0.2) is 0 Å². The summed E-state index contributed by atoms with van der Waals surface area (Å²) < 4.78 is 21.8. The molecule has 0 bridgehead atoms. The fraction of sp³-hybridized carbons (Fsp3) is 0.167. The highest BCUT2D eigenvalue weighted by Crippen LogP contribution is 2.36. The number of nitrogens with zero attached hydrogens (tertiary/aromatic N) is 13. The first-order chi connectivity index (χ1) is 46.9. The van der Waals surface area contributed by atoms with E-state index in [2.05, 4.69) is 378 Å². The Bertz CT molecular complexity index is 5740. The third-order valence-corrected chi connectivity index (χ3v) is 18.7. The van der Waals surface area contributed by atoms with Crippen molar-refractivity contribution < 1.29 is 23.4 Å². The summed E-state index contributed by atoms with van der Waals surface area (Å²) in [7, 11) is 10.4. The van der Waals surface area contributed by atoms with E-state index in [4.69, 9.17) is 4.98 Å². The Kier molecular flexibility index (Phi) is 17.8. The van der Waals surface area contributed by atoms with Gasteiger partial charge in [-0.3, -0.25) is 15.0 Å². The van der Waals surface area contributed by atoms with Crippen LogP contribution in [0.5, 0.6) is 0 Å². The Morgan fingerprint density at radius 2 is 0.938 bits per heavy atom. The van der Waals surface area contributed by atoms with E-state index in [9.17, 15) is 0 Å². The Labute approximate surface area is 567 Å². The van der Waals surface area contributed by atoms with E-state index in [1.807, 2.05) is 32.3 Å². The zero-order valence-corrected chi connectivity index (χ0v) is 58.1. The van der Waals surface area contributed by atoms with E-state index in [0.717, 1.165) is 28.3 Å². The van der Waals surface area contributed by atoms with Gasteiger partial charge in [-0.1, -0.05) is 142 Å². The Morgan fingerprint density at radius 1 is 0.402 bits per heavy atom. The van der Waals surface area contributed by atoms with Gasteiger partial charge in [0.1, 0.15) is 50.3 Å². The molecule has 0 fully saturated rings. The predicted molar refractivity (Wildman–Crippen MR) is 393 cm³/mol. The van der Waals surface area contributed by atoms with Crippen LogP contribution >= 0.6 is 0 Å². The molecular formula is C84H84N13+5. The van der Waals surface area contributed by atoms with E-state index in [0.29, 0.717) is 0 Å². The maximum absolute atomic E-state index is 4.79. The number of aromatic nitrogens is 13. The number of para-hydroxylation sites is 5. The molecule has 0 aliphatic rings. The molecule has 0 unspecified atom stereocenters. The molecule has 8 aromatic carbocycles.